The molecule has 0 aromatic carbocycles. The van der Waals surface area contributed by atoms with Gasteiger partial charge >= 0.3 is 0 Å². The molecule has 1 atom stereocenters. The number of nitrogens with one attached hydrogen (secondary N) is 1. The fourth-order valence-electron chi connectivity index (χ4n) is 0.986. The van der Waals surface area contributed by atoms with Crippen LogP contribution in [0.4, 0.5) is 0 Å². The van der Waals surface area contributed by atoms with E-state index < -0.39 is 0 Å². The van der Waals surface area contributed by atoms with Gasteiger partial charge < -0.3 is 5.32 Å². The van der Waals surface area contributed by atoms with Crippen molar-refractivity contribution in [1.29, 1.82) is 0 Å². The highest BCUT2D eigenvalue weighted by atomic mass is 14.9. The van der Waals surface area contributed by atoms with Crippen LogP contribution in [0.5, 0.6) is 0 Å². The third-order valence-corrected chi connectivity index (χ3v) is 1.64. The van der Waals surface area contributed by atoms with Crippen molar-refractivity contribution in [2.45, 2.75) is 39.7 Å². The number of hydrogen-bond acceptors (Lipinski definition) is 1. The third-order valence-electron chi connectivity index (χ3n) is 1.64. The SMILES string of the molecule is C=C(C)C(CC)NCCC. The Labute approximate surface area is 64.5 Å². The van der Waals surface area contributed by atoms with E-state index in [-0.39, 0.29) is 0 Å². The molecule has 0 heterocycles. The highest BCUT2D eigenvalue weighted by molar-refractivity contribution is 5.00. The molecule has 0 rings (SSSR count). The van der Waals surface area contributed by atoms with E-state index in [1.807, 2.05) is 0 Å². The summed E-state index contributed by atoms with van der Waals surface area (Å²) in [6.07, 6.45) is 2.35. The Balaban J connectivity index is 3.50. The predicted molar refractivity (Wildman–Crippen MR) is 47.2 cm³/mol. The van der Waals surface area contributed by atoms with Gasteiger partial charge in [-0.25, -0.2) is 0 Å². The van der Waals surface area contributed by atoms with E-state index in [4.69, 9.17) is 0 Å². The van der Waals surface area contributed by atoms with E-state index in [2.05, 4.69) is 32.7 Å². The first kappa shape index (κ1) is 9.70. The monoisotopic (exact) mass is 141 g/mol. The molecule has 0 aromatic heterocycles. The fourth-order valence-corrected chi connectivity index (χ4v) is 0.986. The smallest absolute Gasteiger partial charge is 0.0271 e. The first-order chi connectivity index (χ1) is 4.72. The molecule has 60 valence electrons. The third kappa shape index (κ3) is 3.67. The molecule has 1 unspecified atom stereocenters. The van der Waals surface area contributed by atoms with Crippen molar-refractivity contribution in [3.8, 4) is 0 Å². The highest BCUT2D eigenvalue weighted by Gasteiger charge is 2.02. The molecular formula is C9H19N. The lowest BCUT2D eigenvalue weighted by atomic mass is 10.1. The van der Waals surface area contributed by atoms with E-state index in [9.17, 15) is 0 Å². The Morgan fingerprint density at radius 2 is 2.10 bits per heavy atom. The van der Waals surface area contributed by atoms with E-state index in [1.165, 1.54) is 12.0 Å². The molecule has 10 heavy (non-hydrogen) atoms. The standard InChI is InChI=1S/C9H19N/c1-5-7-10-9(6-2)8(3)4/h9-10H,3,5-7H2,1-2,4H3. The van der Waals surface area contributed by atoms with E-state index >= 15 is 0 Å². The van der Waals surface area contributed by atoms with Crippen LogP contribution in [0.15, 0.2) is 12.2 Å². The summed E-state index contributed by atoms with van der Waals surface area (Å²) in [5.74, 6) is 0. The van der Waals surface area contributed by atoms with Crippen molar-refractivity contribution < 1.29 is 0 Å². The first-order valence-electron chi connectivity index (χ1n) is 4.11. The van der Waals surface area contributed by atoms with Gasteiger partial charge in [0.25, 0.3) is 0 Å². The van der Waals surface area contributed by atoms with Gasteiger partial charge in [-0.1, -0.05) is 26.0 Å². The van der Waals surface area contributed by atoms with Gasteiger partial charge in [0.15, 0.2) is 0 Å². The highest BCUT2D eigenvalue weighted by Crippen LogP contribution is 2.01. The summed E-state index contributed by atoms with van der Waals surface area (Å²) >= 11 is 0. The molecule has 1 N–H and O–H groups in total. The second-order valence-corrected chi connectivity index (χ2v) is 2.76. The maximum Gasteiger partial charge on any atom is 0.0271 e. The molecule has 0 aliphatic rings. The van der Waals surface area contributed by atoms with E-state index in [1.54, 1.807) is 0 Å². The molecule has 0 saturated heterocycles. The fraction of sp³-hybridized carbons (Fsp3) is 0.778. The van der Waals surface area contributed by atoms with Crippen LogP contribution < -0.4 is 5.32 Å². The first-order valence-corrected chi connectivity index (χ1v) is 4.11. The maximum atomic E-state index is 3.92. The quantitative estimate of drug-likeness (QED) is 0.579. The van der Waals surface area contributed by atoms with Crippen molar-refractivity contribution in [2.75, 3.05) is 6.54 Å². The van der Waals surface area contributed by atoms with Crippen LogP contribution in [-0.4, -0.2) is 12.6 Å². The second-order valence-electron chi connectivity index (χ2n) is 2.76. The largest absolute Gasteiger partial charge is 0.310 e. The number of rotatable bonds is 5. The summed E-state index contributed by atoms with van der Waals surface area (Å²) < 4.78 is 0. The minimum absolute atomic E-state index is 0.528. The van der Waals surface area contributed by atoms with Gasteiger partial charge in [0, 0.05) is 6.04 Å². The Morgan fingerprint density at radius 1 is 1.50 bits per heavy atom. The van der Waals surface area contributed by atoms with Crippen LogP contribution in [0.25, 0.3) is 0 Å². The molecule has 1 heteroatoms. The lowest BCUT2D eigenvalue weighted by Crippen LogP contribution is -2.29. The van der Waals surface area contributed by atoms with Crippen molar-refractivity contribution in [1.82, 2.24) is 5.32 Å². The van der Waals surface area contributed by atoms with Crippen LogP contribution in [0.3, 0.4) is 0 Å². The van der Waals surface area contributed by atoms with Crippen molar-refractivity contribution in [3.63, 3.8) is 0 Å². The van der Waals surface area contributed by atoms with E-state index in [0.29, 0.717) is 6.04 Å². The Morgan fingerprint density at radius 3 is 2.40 bits per heavy atom. The zero-order chi connectivity index (χ0) is 7.98. The zero-order valence-electron chi connectivity index (χ0n) is 7.41. The molecule has 0 bridgehead atoms. The summed E-state index contributed by atoms with van der Waals surface area (Å²) in [5.41, 5.74) is 1.25. The molecular weight excluding hydrogens is 122 g/mol. The Bertz CT molecular complexity index is 96.9. The molecule has 0 aliphatic carbocycles. The van der Waals surface area contributed by atoms with Gasteiger partial charge in [-0.2, -0.15) is 0 Å². The van der Waals surface area contributed by atoms with Crippen LogP contribution >= 0.6 is 0 Å². The lowest BCUT2D eigenvalue weighted by Gasteiger charge is -2.15. The summed E-state index contributed by atoms with van der Waals surface area (Å²) in [5, 5.41) is 3.42. The Kier molecular flexibility index (Phi) is 5.32. The van der Waals surface area contributed by atoms with Crippen LogP contribution in [-0.2, 0) is 0 Å². The molecule has 0 fully saturated rings. The summed E-state index contributed by atoms with van der Waals surface area (Å²) in [6.45, 7) is 11.5. The molecule has 0 radical (unpaired) electrons. The Hall–Kier alpha value is -0.300. The zero-order valence-corrected chi connectivity index (χ0v) is 7.41. The van der Waals surface area contributed by atoms with Crippen LogP contribution in [0, 0.1) is 0 Å². The average Bonchev–Trinajstić information content (AvgIpc) is 1.89. The summed E-state index contributed by atoms with van der Waals surface area (Å²) in [7, 11) is 0. The molecule has 0 spiro atoms. The molecule has 0 amide bonds. The number of hydrogen-bond donors (Lipinski definition) is 1. The van der Waals surface area contributed by atoms with Crippen molar-refractivity contribution >= 4 is 0 Å². The van der Waals surface area contributed by atoms with E-state index in [0.717, 1.165) is 13.0 Å². The van der Waals surface area contributed by atoms with Gasteiger partial charge in [-0.05, 0) is 26.3 Å². The summed E-state index contributed by atoms with van der Waals surface area (Å²) in [4.78, 5) is 0. The maximum absolute atomic E-state index is 3.92. The predicted octanol–water partition coefficient (Wildman–Crippen LogP) is 2.34. The molecule has 0 saturated carbocycles. The van der Waals surface area contributed by atoms with Gasteiger partial charge in [0.1, 0.15) is 0 Å². The second kappa shape index (κ2) is 5.48. The van der Waals surface area contributed by atoms with Gasteiger partial charge in [0.2, 0.25) is 0 Å². The normalized spacial score (nSPS) is 13.1. The van der Waals surface area contributed by atoms with Crippen molar-refractivity contribution in [2.24, 2.45) is 0 Å². The lowest BCUT2D eigenvalue weighted by molar-refractivity contribution is 0.553. The van der Waals surface area contributed by atoms with Gasteiger partial charge in [0.05, 0.1) is 0 Å². The molecule has 0 aromatic rings. The van der Waals surface area contributed by atoms with Gasteiger partial charge in [-0.3, -0.25) is 0 Å². The summed E-state index contributed by atoms with van der Waals surface area (Å²) in [6, 6.07) is 0.528. The topological polar surface area (TPSA) is 12.0 Å². The minimum Gasteiger partial charge on any atom is -0.310 e. The minimum atomic E-state index is 0.528. The average molecular weight is 141 g/mol. The van der Waals surface area contributed by atoms with Crippen LogP contribution in [0.2, 0.25) is 0 Å². The molecule has 0 aliphatic heterocycles. The van der Waals surface area contributed by atoms with Gasteiger partial charge in [-0.15, -0.1) is 0 Å². The van der Waals surface area contributed by atoms with Crippen molar-refractivity contribution in [3.05, 3.63) is 12.2 Å². The molecule has 1 nitrogen and oxygen atoms in total. The van der Waals surface area contributed by atoms with Crippen LogP contribution in [0.1, 0.15) is 33.6 Å².